The number of anilines is 1. The summed E-state index contributed by atoms with van der Waals surface area (Å²) in [4.78, 5) is 23.9. The molecule has 0 radical (unpaired) electrons. The van der Waals surface area contributed by atoms with E-state index in [0.717, 1.165) is 0 Å². The second kappa shape index (κ2) is 10.2. The monoisotopic (exact) mass is 425 g/mol. The van der Waals surface area contributed by atoms with Gasteiger partial charge < -0.3 is 10.1 Å². The van der Waals surface area contributed by atoms with Crippen molar-refractivity contribution in [2.75, 3.05) is 11.9 Å². The summed E-state index contributed by atoms with van der Waals surface area (Å²) >= 11 is 6.17. The third kappa shape index (κ3) is 5.89. The van der Waals surface area contributed by atoms with Crippen molar-refractivity contribution in [3.8, 4) is 5.75 Å². The molecule has 0 atom stereocenters. The molecule has 0 saturated carbocycles. The standard InChI is InChI=1S/C22H17ClFN3O3/c23-17-12-15(13-25-27-22(29)16-6-2-1-3-7-16)10-11-20(17)30-14-21(28)26-19-9-5-4-8-18(19)24/h1-13H,14H2,(H,26,28)(H,27,29). The zero-order valence-corrected chi connectivity index (χ0v) is 16.4. The molecule has 8 heteroatoms. The van der Waals surface area contributed by atoms with Gasteiger partial charge in [0.15, 0.2) is 6.61 Å². The van der Waals surface area contributed by atoms with Crippen LogP contribution in [0.2, 0.25) is 5.02 Å². The first kappa shape index (κ1) is 21.0. The van der Waals surface area contributed by atoms with Crippen molar-refractivity contribution in [1.82, 2.24) is 5.43 Å². The average Bonchev–Trinajstić information content (AvgIpc) is 2.75. The minimum Gasteiger partial charge on any atom is -0.482 e. The van der Waals surface area contributed by atoms with E-state index in [1.165, 1.54) is 24.4 Å². The van der Waals surface area contributed by atoms with Gasteiger partial charge in [0.05, 0.1) is 16.9 Å². The molecule has 0 heterocycles. The summed E-state index contributed by atoms with van der Waals surface area (Å²) in [6.45, 7) is -0.339. The smallest absolute Gasteiger partial charge is 0.271 e. The maximum absolute atomic E-state index is 13.6. The van der Waals surface area contributed by atoms with Crippen LogP contribution >= 0.6 is 11.6 Å². The average molecular weight is 426 g/mol. The molecule has 2 amide bonds. The second-order valence-electron chi connectivity index (χ2n) is 6.07. The molecule has 0 fully saturated rings. The zero-order chi connectivity index (χ0) is 21.3. The van der Waals surface area contributed by atoms with Gasteiger partial charge in [-0.15, -0.1) is 0 Å². The molecule has 6 nitrogen and oxygen atoms in total. The lowest BCUT2D eigenvalue weighted by atomic mass is 10.2. The minimum absolute atomic E-state index is 0.0707. The highest BCUT2D eigenvalue weighted by Gasteiger charge is 2.09. The van der Waals surface area contributed by atoms with Crippen LogP contribution < -0.4 is 15.5 Å². The number of carbonyl (C=O) groups is 2. The summed E-state index contributed by atoms with van der Waals surface area (Å²) in [7, 11) is 0. The van der Waals surface area contributed by atoms with Crippen molar-refractivity contribution in [2.24, 2.45) is 5.10 Å². The first-order valence-corrected chi connectivity index (χ1v) is 9.26. The second-order valence-corrected chi connectivity index (χ2v) is 6.48. The minimum atomic E-state index is -0.535. The van der Waals surface area contributed by atoms with E-state index in [9.17, 15) is 14.0 Å². The summed E-state index contributed by atoms with van der Waals surface area (Å²) in [5.74, 6) is -1.11. The highest BCUT2D eigenvalue weighted by Crippen LogP contribution is 2.25. The van der Waals surface area contributed by atoms with E-state index in [1.54, 1.807) is 48.5 Å². The van der Waals surface area contributed by atoms with Crippen LogP contribution in [0.5, 0.6) is 5.75 Å². The van der Waals surface area contributed by atoms with E-state index in [2.05, 4.69) is 15.8 Å². The molecule has 152 valence electrons. The van der Waals surface area contributed by atoms with Crippen LogP contribution in [0.1, 0.15) is 15.9 Å². The Balaban J connectivity index is 1.53. The van der Waals surface area contributed by atoms with Crippen molar-refractivity contribution in [2.45, 2.75) is 0 Å². The number of nitrogens with zero attached hydrogens (tertiary/aromatic N) is 1. The lowest BCUT2D eigenvalue weighted by Crippen LogP contribution is -2.20. The van der Waals surface area contributed by atoms with E-state index in [1.807, 2.05) is 6.07 Å². The third-order valence-electron chi connectivity index (χ3n) is 3.88. The van der Waals surface area contributed by atoms with Gasteiger partial charge in [0.25, 0.3) is 11.8 Å². The molecule has 0 saturated heterocycles. The van der Waals surface area contributed by atoms with Gasteiger partial charge in [-0.2, -0.15) is 5.10 Å². The van der Waals surface area contributed by atoms with Gasteiger partial charge in [0, 0.05) is 5.56 Å². The first-order valence-electron chi connectivity index (χ1n) is 8.88. The number of amides is 2. The Labute approximate surface area is 177 Å². The van der Waals surface area contributed by atoms with Crippen LogP contribution in [0.4, 0.5) is 10.1 Å². The number of ether oxygens (including phenoxy) is 1. The molecule has 30 heavy (non-hydrogen) atoms. The number of para-hydroxylation sites is 1. The first-order chi connectivity index (χ1) is 14.5. The molecule has 2 N–H and O–H groups in total. The number of nitrogens with one attached hydrogen (secondary N) is 2. The molecule has 0 aliphatic heterocycles. The normalized spacial score (nSPS) is 10.6. The fourth-order valence-electron chi connectivity index (χ4n) is 2.43. The molecular weight excluding hydrogens is 409 g/mol. The van der Waals surface area contributed by atoms with Crippen molar-refractivity contribution >= 4 is 35.3 Å². The van der Waals surface area contributed by atoms with Crippen LogP contribution in [-0.2, 0) is 4.79 Å². The summed E-state index contributed by atoms with van der Waals surface area (Å²) in [6, 6.07) is 19.3. The van der Waals surface area contributed by atoms with E-state index in [4.69, 9.17) is 16.3 Å². The third-order valence-corrected chi connectivity index (χ3v) is 4.17. The fourth-order valence-corrected chi connectivity index (χ4v) is 2.67. The molecule has 0 aliphatic rings. The van der Waals surface area contributed by atoms with Gasteiger partial charge in [-0.1, -0.05) is 41.9 Å². The lowest BCUT2D eigenvalue weighted by Gasteiger charge is -2.09. The van der Waals surface area contributed by atoms with Crippen LogP contribution in [0.3, 0.4) is 0 Å². The molecular formula is C22H17ClFN3O3. The maximum atomic E-state index is 13.6. The van der Waals surface area contributed by atoms with Gasteiger partial charge in [0.2, 0.25) is 0 Å². The Bertz CT molecular complexity index is 1070. The van der Waals surface area contributed by atoms with Crippen LogP contribution in [-0.4, -0.2) is 24.6 Å². The van der Waals surface area contributed by atoms with Crippen LogP contribution in [0, 0.1) is 5.82 Å². The molecule has 3 rings (SSSR count). The number of hydrazone groups is 1. The topological polar surface area (TPSA) is 79.8 Å². The molecule has 0 aliphatic carbocycles. The molecule has 3 aromatic carbocycles. The van der Waals surface area contributed by atoms with Gasteiger partial charge in [-0.05, 0) is 48.0 Å². The highest BCUT2D eigenvalue weighted by molar-refractivity contribution is 6.32. The Hall–Kier alpha value is -3.71. The predicted octanol–water partition coefficient (Wildman–Crippen LogP) is 4.26. The Morgan fingerprint density at radius 3 is 2.50 bits per heavy atom. The quantitative estimate of drug-likeness (QED) is 0.438. The molecule has 0 unspecified atom stereocenters. The maximum Gasteiger partial charge on any atom is 0.271 e. The summed E-state index contributed by atoms with van der Waals surface area (Å²) < 4.78 is 18.9. The summed E-state index contributed by atoms with van der Waals surface area (Å²) in [6.07, 6.45) is 1.43. The lowest BCUT2D eigenvalue weighted by molar-refractivity contribution is -0.118. The van der Waals surface area contributed by atoms with Crippen molar-refractivity contribution in [1.29, 1.82) is 0 Å². The Morgan fingerprint density at radius 2 is 1.77 bits per heavy atom. The number of carbonyl (C=O) groups excluding carboxylic acids is 2. The SMILES string of the molecule is O=C(COc1ccc(C=NNC(=O)c2ccccc2)cc1Cl)Nc1ccccc1F. The van der Waals surface area contributed by atoms with Crippen LogP contribution in [0.25, 0.3) is 0 Å². The van der Waals surface area contributed by atoms with E-state index >= 15 is 0 Å². The highest BCUT2D eigenvalue weighted by atomic mass is 35.5. The fraction of sp³-hybridized carbons (Fsp3) is 0.0455. The molecule has 0 bridgehead atoms. The number of halogens is 2. The number of hydrogen-bond acceptors (Lipinski definition) is 4. The van der Waals surface area contributed by atoms with E-state index in [0.29, 0.717) is 11.1 Å². The molecule has 3 aromatic rings. The Morgan fingerprint density at radius 1 is 1.03 bits per heavy atom. The predicted molar refractivity (Wildman–Crippen MR) is 113 cm³/mol. The van der Waals surface area contributed by atoms with Gasteiger partial charge >= 0.3 is 0 Å². The zero-order valence-electron chi connectivity index (χ0n) is 15.6. The molecule has 0 aromatic heterocycles. The number of benzene rings is 3. The number of hydrogen-bond donors (Lipinski definition) is 2. The summed E-state index contributed by atoms with van der Waals surface area (Å²) in [5, 5.41) is 6.57. The van der Waals surface area contributed by atoms with Crippen molar-refractivity contribution < 1.29 is 18.7 Å². The Kier molecular flexibility index (Phi) is 7.13. The van der Waals surface area contributed by atoms with Gasteiger partial charge in [-0.3, -0.25) is 9.59 Å². The van der Waals surface area contributed by atoms with E-state index < -0.39 is 11.7 Å². The van der Waals surface area contributed by atoms with Gasteiger partial charge in [-0.25, -0.2) is 9.82 Å². The van der Waals surface area contributed by atoms with E-state index in [-0.39, 0.29) is 29.0 Å². The van der Waals surface area contributed by atoms with Crippen molar-refractivity contribution in [3.63, 3.8) is 0 Å². The van der Waals surface area contributed by atoms with Gasteiger partial charge in [0.1, 0.15) is 11.6 Å². The van der Waals surface area contributed by atoms with Crippen molar-refractivity contribution in [3.05, 3.63) is 94.8 Å². The summed E-state index contributed by atoms with van der Waals surface area (Å²) in [5.41, 5.74) is 3.61. The number of rotatable bonds is 7. The largest absolute Gasteiger partial charge is 0.482 e. The van der Waals surface area contributed by atoms with Crippen LogP contribution in [0.15, 0.2) is 77.9 Å². The molecule has 0 spiro atoms.